The molecule has 0 radical (unpaired) electrons. The van der Waals surface area contributed by atoms with Crippen LogP contribution in [0.15, 0.2) is 46.5 Å². The zero-order chi connectivity index (χ0) is 18.4. The van der Waals surface area contributed by atoms with Gasteiger partial charge in [-0.05, 0) is 37.6 Å². The Balaban J connectivity index is 1.63. The predicted octanol–water partition coefficient (Wildman–Crippen LogP) is 2.91. The molecule has 1 fully saturated rings. The first-order valence-electron chi connectivity index (χ1n) is 8.92. The number of rotatable bonds is 6. The minimum Gasteiger partial charge on any atom is -0.379 e. The second-order valence-corrected chi connectivity index (χ2v) is 7.47. The SMILES string of the molecule is Cc1ccc(Sc2ncccc2C(=O)NCCN2CCOCC2)c(C)c1. The van der Waals surface area contributed by atoms with Gasteiger partial charge in [-0.25, -0.2) is 4.98 Å². The highest BCUT2D eigenvalue weighted by molar-refractivity contribution is 7.99. The average Bonchev–Trinajstić information content (AvgIpc) is 2.65. The molecule has 0 unspecified atom stereocenters. The van der Waals surface area contributed by atoms with Crippen LogP contribution < -0.4 is 5.32 Å². The highest BCUT2D eigenvalue weighted by Gasteiger charge is 2.15. The zero-order valence-corrected chi connectivity index (χ0v) is 16.1. The Morgan fingerprint density at radius 2 is 2.08 bits per heavy atom. The normalized spacial score (nSPS) is 15.0. The summed E-state index contributed by atoms with van der Waals surface area (Å²) >= 11 is 1.54. The van der Waals surface area contributed by atoms with Gasteiger partial charge >= 0.3 is 0 Å². The molecule has 1 aliphatic heterocycles. The maximum absolute atomic E-state index is 12.6. The molecular weight excluding hydrogens is 346 g/mol. The van der Waals surface area contributed by atoms with Crippen LogP contribution in [-0.2, 0) is 4.74 Å². The number of nitrogens with one attached hydrogen (secondary N) is 1. The molecule has 1 aromatic carbocycles. The molecule has 6 heteroatoms. The van der Waals surface area contributed by atoms with Crippen LogP contribution in [0.25, 0.3) is 0 Å². The van der Waals surface area contributed by atoms with Gasteiger partial charge in [0.2, 0.25) is 0 Å². The Bertz CT molecular complexity index is 760. The van der Waals surface area contributed by atoms with Crippen LogP contribution in [0.1, 0.15) is 21.5 Å². The molecule has 1 amide bonds. The second kappa shape index (κ2) is 9.16. The molecule has 0 atom stereocenters. The lowest BCUT2D eigenvalue weighted by molar-refractivity contribution is 0.0383. The molecule has 0 spiro atoms. The number of pyridine rings is 1. The molecule has 0 bridgehead atoms. The average molecular weight is 372 g/mol. The second-order valence-electron chi connectivity index (χ2n) is 6.44. The van der Waals surface area contributed by atoms with E-state index in [1.54, 1.807) is 18.0 Å². The number of benzene rings is 1. The standard InChI is InChI=1S/C20H25N3O2S/c1-15-5-6-18(16(2)14-15)26-20-17(4-3-7-22-20)19(24)21-8-9-23-10-12-25-13-11-23/h3-7,14H,8-13H2,1-2H3,(H,21,24). The third-order valence-corrected chi connectivity index (χ3v) is 5.57. The van der Waals surface area contributed by atoms with Gasteiger partial charge in [-0.1, -0.05) is 29.5 Å². The summed E-state index contributed by atoms with van der Waals surface area (Å²) in [7, 11) is 0. The molecule has 5 nitrogen and oxygen atoms in total. The fourth-order valence-electron chi connectivity index (χ4n) is 2.91. The van der Waals surface area contributed by atoms with Crippen LogP contribution in [0, 0.1) is 13.8 Å². The maximum Gasteiger partial charge on any atom is 0.254 e. The van der Waals surface area contributed by atoms with Gasteiger partial charge in [0.05, 0.1) is 18.8 Å². The van der Waals surface area contributed by atoms with E-state index in [2.05, 4.69) is 47.2 Å². The van der Waals surface area contributed by atoms with Gasteiger partial charge < -0.3 is 10.1 Å². The molecule has 138 valence electrons. The Morgan fingerprint density at radius 1 is 1.27 bits per heavy atom. The summed E-state index contributed by atoms with van der Waals surface area (Å²) in [5, 5.41) is 3.76. The Kier molecular flexibility index (Phi) is 6.66. The van der Waals surface area contributed by atoms with E-state index >= 15 is 0 Å². The fourth-order valence-corrected chi connectivity index (χ4v) is 3.86. The zero-order valence-electron chi connectivity index (χ0n) is 15.3. The van der Waals surface area contributed by atoms with E-state index in [-0.39, 0.29) is 5.91 Å². The van der Waals surface area contributed by atoms with Gasteiger partial charge in [-0.3, -0.25) is 9.69 Å². The van der Waals surface area contributed by atoms with E-state index in [1.807, 2.05) is 12.1 Å². The van der Waals surface area contributed by atoms with E-state index in [0.717, 1.165) is 42.8 Å². The van der Waals surface area contributed by atoms with Crippen molar-refractivity contribution in [3.8, 4) is 0 Å². The third kappa shape index (κ3) is 5.06. The Morgan fingerprint density at radius 3 is 2.85 bits per heavy atom. The van der Waals surface area contributed by atoms with Crippen molar-refractivity contribution in [3.63, 3.8) is 0 Å². The highest BCUT2D eigenvalue weighted by atomic mass is 32.2. The molecule has 3 rings (SSSR count). The van der Waals surface area contributed by atoms with Crippen LogP contribution in [0.5, 0.6) is 0 Å². The summed E-state index contributed by atoms with van der Waals surface area (Å²) in [5.74, 6) is -0.0707. The summed E-state index contributed by atoms with van der Waals surface area (Å²) in [4.78, 5) is 20.5. The lowest BCUT2D eigenvalue weighted by atomic mass is 10.2. The molecule has 1 aromatic heterocycles. The van der Waals surface area contributed by atoms with E-state index in [0.29, 0.717) is 12.1 Å². The number of hydrogen-bond donors (Lipinski definition) is 1. The van der Waals surface area contributed by atoms with E-state index in [1.165, 1.54) is 11.1 Å². The van der Waals surface area contributed by atoms with Crippen LogP contribution >= 0.6 is 11.8 Å². The molecule has 2 heterocycles. The third-order valence-electron chi connectivity index (χ3n) is 4.37. The van der Waals surface area contributed by atoms with Crippen molar-refractivity contribution in [1.82, 2.24) is 15.2 Å². The van der Waals surface area contributed by atoms with Crippen molar-refractivity contribution in [2.24, 2.45) is 0 Å². The topological polar surface area (TPSA) is 54.5 Å². The number of hydrogen-bond acceptors (Lipinski definition) is 5. The molecule has 1 saturated heterocycles. The van der Waals surface area contributed by atoms with Crippen LogP contribution in [0.3, 0.4) is 0 Å². The smallest absolute Gasteiger partial charge is 0.254 e. The molecule has 1 N–H and O–H groups in total. The Hall–Kier alpha value is -1.89. The first-order chi connectivity index (χ1) is 12.6. The number of carbonyl (C=O) groups excluding carboxylic acids is 1. The highest BCUT2D eigenvalue weighted by Crippen LogP contribution is 2.31. The van der Waals surface area contributed by atoms with Gasteiger partial charge in [0.1, 0.15) is 5.03 Å². The first kappa shape index (κ1) is 18.9. The number of carbonyl (C=O) groups is 1. The monoisotopic (exact) mass is 371 g/mol. The van der Waals surface area contributed by atoms with Crippen molar-refractivity contribution in [2.75, 3.05) is 39.4 Å². The number of aryl methyl sites for hydroxylation is 2. The molecular formula is C20H25N3O2S. The van der Waals surface area contributed by atoms with E-state index in [4.69, 9.17) is 4.74 Å². The molecule has 26 heavy (non-hydrogen) atoms. The van der Waals surface area contributed by atoms with Gasteiger partial charge in [0.15, 0.2) is 0 Å². The number of ether oxygens (including phenoxy) is 1. The minimum atomic E-state index is -0.0707. The van der Waals surface area contributed by atoms with Crippen molar-refractivity contribution in [1.29, 1.82) is 0 Å². The maximum atomic E-state index is 12.6. The molecule has 0 saturated carbocycles. The summed E-state index contributed by atoms with van der Waals surface area (Å²) in [6.07, 6.45) is 1.73. The summed E-state index contributed by atoms with van der Waals surface area (Å²) in [6.45, 7) is 9.03. The van der Waals surface area contributed by atoms with Crippen molar-refractivity contribution in [3.05, 3.63) is 53.2 Å². The van der Waals surface area contributed by atoms with Gasteiger partial charge in [0, 0.05) is 37.3 Å². The van der Waals surface area contributed by atoms with Gasteiger partial charge in [0.25, 0.3) is 5.91 Å². The van der Waals surface area contributed by atoms with Crippen LogP contribution in [0.4, 0.5) is 0 Å². The lowest BCUT2D eigenvalue weighted by Gasteiger charge is -2.26. The number of amides is 1. The molecule has 2 aromatic rings. The number of aromatic nitrogens is 1. The van der Waals surface area contributed by atoms with Gasteiger partial charge in [-0.2, -0.15) is 0 Å². The van der Waals surface area contributed by atoms with Crippen molar-refractivity contribution >= 4 is 17.7 Å². The quantitative estimate of drug-likeness (QED) is 0.846. The first-order valence-corrected chi connectivity index (χ1v) is 9.73. The summed E-state index contributed by atoms with van der Waals surface area (Å²) in [5.41, 5.74) is 3.05. The number of nitrogens with zero attached hydrogens (tertiary/aromatic N) is 2. The van der Waals surface area contributed by atoms with Gasteiger partial charge in [-0.15, -0.1) is 0 Å². The summed E-state index contributed by atoms with van der Waals surface area (Å²) in [6, 6.07) is 9.96. The van der Waals surface area contributed by atoms with Crippen molar-refractivity contribution in [2.45, 2.75) is 23.8 Å². The number of morpholine rings is 1. The molecule has 0 aliphatic carbocycles. The minimum absolute atomic E-state index is 0.0707. The largest absolute Gasteiger partial charge is 0.379 e. The van der Waals surface area contributed by atoms with Crippen LogP contribution in [0.2, 0.25) is 0 Å². The molecule has 1 aliphatic rings. The Labute approximate surface area is 159 Å². The lowest BCUT2D eigenvalue weighted by Crippen LogP contribution is -2.41. The van der Waals surface area contributed by atoms with Crippen molar-refractivity contribution < 1.29 is 9.53 Å². The summed E-state index contributed by atoms with van der Waals surface area (Å²) < 4.78 is 5.35. The van der Waals surface area contributed by atoms with E-state index in [9.17, 15) is 4.79 Å². The van der Waals surface area contributed by atoms with Crippen LogP contribution in [-0.4, -0.2) is 55.2 Å². The fraction of sp³-hybridized carbons (Fsp3) is 0.400. The predicted molar refractivity (Wildman–Crippen MR) is 104 cm³/mol. The van der Waals surface area contributed by atoms with E-state index < -0.39 is 0 Å².